The van der Waals surface area contributed by atoms with Gasteiger partial charge in [-0.1, -0.05) is 0 Å². The van der Waals surface area contributed by atoms with Crippen LogP contribution in [0.2, 0.25) is 0 Å². The summed E-state index contributed by atoms with van der Waals surface area (Å²) in [5.74, 6) is 0.861. The number of nitrogens with zero attached hydrogens (tertiary/aromatic N) is 3. The second-order valence-electron chi connectivity index (χ2n) is 4.55. The summed E-state index contributed by atoms with van der Waals surface area (Å²) in [7, 11) is 0. The van der Waals surface area contributed by atoms with E-state index in [9.17, 15) is 9.59 Å². The van der Waals surface area contributed by atoms with Gasteiger partial charge in [-0.25, -0.2) is 9.78 Å². The number of aromatic nitrogens is 1. The van der Waals surface area contributed by atoms with Gasteiger partial charge >= 0.3 is 6.03 Å². The molecule has 2 saturated heterocycles. The minimum absolute atomic E-state index is 0.0314. The molecule has 0 saturated carbocycles. The second-order valence-corrected chi connectivity index (χ2v) is 4.55. The summed E-state index contributed by atoms with van der Waals surface area (Å²) in [6, 6.07) is 3.87. The van der Waals surface area contributed by atoms with E-state index in [0.717, 1.165) is 25.2 Å². The van der Waals surface area contributed by atoms with Crippen LogP contribution in [0.4, 0.5) is 10.6 Å². The molecule has 0 aliphatic carbocycles. The monoisotopic (exact) mass is 246 g/mol. The number of nitrogens with one attached hydrogen (secondary N) is 1. The van der Waals surface area contributed by atoms with E-state index in [0.29, 0.717) is 18.7 Å². The largest absolute Gasteiger partial charge is 0.353 e. The van der Waals surface area contributed by atoms with Crippen LogP contribution in [0.3, 0.4) is 0 Å². The highest BCUT2D eigenvalue weighted by Gasteiger charge is 2.35. The summed E-state index contributed by atoms with van der Waals surface area (Å²) in [5.41, 5.74) is 0.579. The van der Waals surface area contributed by atoms with Crippen molar-refractivity contribution in [3.63, 3.8) is 0 Å². The van der Waals surface area contributed by atoms with E-state index in [4.69, 9.17) is 0 Å². The van der Waals surface area contributed by atoms with Gasteiger partial charge in [0, 0.05) is 37.9 Å². The molecule has 2 aliphatic rings. The number of urea groups is 1. The molecule has 0 aromatic carbocycles. The van der Waals surface area contributed by atoms with Crippen molar-refractivity contribution in [1.82, 2.24) is 15.2 Å². The predicted octanol–water partition coefficient (Wildman–Crippen LogP) is 0.108. The van der Waals surface area contributed by atoms with Gasteiger partial charge in [-0.05, 0) is 12.1 Å². The molecule has 2 fully saturated rings. The highest BCUT2D eigenvalue weighted by atomic mass is 16.2. The maximum absolute atomic E-state index is 11.5. The number of carbonyl (C=O) groups is 2. The molecule has 3 rings (SSSR count). The van der Waals surface area contributed by atoms with E-state index in [2.05, 4.69) is 15.2 Å². The van der Waals surface area contributed by atoms with Crippen molar-refractivity contribution in [2.45, 2.75) is 6.04 Å². The van der Waals surface area contributed by atoms with Gasteiger partial charge in [0.2, 0.25) is 0 Å². The van der Waals surface area contributed by atoms with Crippen molar-refractivity contribution < 1.29 is 9.59 Å². The van der Waals surface area contributed by atoms with Crippen LogP contribution in [0.25, 0.3) is 0 Å². The lowest BCUT2D eigenvalue weighted by atomic mass is 10.2. The third kappa shape index (κ3) is 1.79. The molecule has 0 spiro atoms. The van der Waals surface area contributed by atoms with E-state index >= 15 is 0 Å². The fourth-order valence-electron chi connectivity index (χ4n) is 2.47. The molecule has 1 N–H and O–H groups in total. The number of aldehydes is 1. The van der Waals surface area contributed by atoms with Crippen molar-refractivity contribution in [1.29, 1.82) is 0 Å². The smallest absolute Gasteiger partial charge is 0.317 e. The molecule has 3 heterocycles. The molecular formula is C12H14N4O2. The SMILES string of the molecule is O=Cc1ccc(N2CCN3C(=O)NCC3C2)nc1. The molecule has 94 valence electrons. The quantitative estimate of drug-likeness (QED) is 0.752. The average Bonchev–Trinajstić information content (AvgIpc) is 2.80. The molecule has 0 bridgehead atoms. The number of amides is 2. The first-order valence-corrected chi connectivity index (χ1v) is 5.98. The van der Waals surface area contributed by atoms with E-state index in [1.807, 2.05) is 11.0 Å². The summed E-state index contributed by atoms with van der Waals surface area (Å²) in [5, 5.41) is 2.85. The number of pyridine rings is 1. The topological polar surface area (TPSA) is 65.5 Å². The van der Waals surface area contributed by atoms with E-state index in [1.165, 1.54) is 0 Å². The molecular weight excluding hydrogens is 232 g/mol. The Bertz CT molecular complexity index is 473. The first-order chi connectivity index (χ1) is 8.78. The zero-order valence-electron chi connectivity index (χ0n) is 9.87. The number of hydrogen-bond acceptors (Lipinski definition) is 4. The molecule has 6 heteroatoms. The van der Waals surface area contributed by atoms with Crippen LogP contribution in [0.15, 0.2) is 18.3 Å². The van der Waals surface area contributed by atoms with Crippen LogP contribution in [-0.4, -0.2) is 54.4 Å². The Balaban J connectivity index is 1.74. The van der Waals surface area contributed by atoms with E-state index in [-0.39, 0.29) is 12.1 Å². The molecule has 6 nitrogen and oxygen atoms in total. The summed E-state index contributed by atoms with van der Waals surface area (Å²) >= 11 is 0. The summed E-state index contributed by atoms with van der Waals surface area (Å²) in [4.78, 5) is 30.3. The third-order valence-corrected chi connectivity index (χ3v) is 3.46. The number of piperazine rings is 1. The van der Waals surface area contributed by atoms with Crippen LogP contribution >= 0.6 is 0 Å². The Kier molecular flexibility index (Phi) is 2.62. The number of fused-ring (bicyclic) bond motifs is 1. The van der Waals surface area contributed by atoms with Crippen molar-refractivity contribution in [3.8, 4) is 0 Å². The first-order valence-electron chi connectivity index (χ1n) is 5.98. The lowest BCUT2D eigenvalue weighted by Crippen LogP contribution is -2.52. The van der Waals surface area contributed by atoms with Gasteiger partial charge in [0.05, 0.1) is 6.04 Å². The molecule has 1 atom stereocenters. The van der Waals surface area contributed by atoms with Crippen LogP contribution in [0.1, 0.15) is 10.4 Å². The van der Waals surface area contributed by atoms with Gasteiger partial charge in [-0.15, -0.1) is 0 Å². The van der Waals surface area contributed by atoms with Crippen LogP contribution in [0, 0.1) is 0 Å². The van der Waals surface area contributed by atoms with Crippen molar-refractivity contribution in [2.24, 2.45) is 0 Å². The third-order valence-electron chi connectivity index (χ3n) is 3.46. The van der Waals surface area contributed by atoms with Gasteiger partial charge in [-0.3, -0.25) is 4.79 Å². The van der Waals surface area contributed by atoms with E-state index < -0.39 is 0 Å². The molecule has 1 unspecified atom stereocenters. The van der Waals surface area contributed by atoms with Crippen molar-refractivity contribution in [2.75, 3.05) is 31.1 Å². The zero-order chi connectivity index (χ0) is 12.5. The molecule has 2 aliphatic heterocycles. The molecule has 1 aromatic heterocycles. The van der Waals surface area contributed by atoms with Crippen molar-refractivity contribution >= 4 is 18.1 Å². The summed E-state index contributed by atoms with van der Waals surface area (Å²) in [6.45, 7) is 2.97. The highest BCUT2D eigenvalue weighted by molar-refractivity contribution is 5.77. The predicted molar refractivity (Wildman–Crippen MR) is 65.7 cm³/mol. The first kappa shape index (κ1) is 11.0. The van der Waals surface area contributed by atoms with Crippen LogP contribution in [0.5, 0.6) is 0 Å². The minimum Gasteiger partial charge on any atom is -0.353 e. The highest BCUT2D eigenvalue weighted by Crippen LogP contribution is 2.19. The Morgan fingerprint density at radius 3 is 3.00 bits per heavy atom. The van der Waals surface area contributed by atoms with Crippen LogP contribution < -0.4 is 10.2 Å². The van der Waals surface area contributed by atoms with Gasteiger partial charge in [0.25, 0.3) is 0 Å². The fourth-order valence-corrected chi connectivity index (χ4v) is 2.47. The molecule has 1 aromatic rings. The molecule has 2 amide bonds. The Morgan fingerprint density at radius 2 is 2.28 bits per heavy atom. The second kappa shape index (κ2) is 4.29. The minimum atomic E-state index is 0.0314. The number of carbonyl (C=O) groups excluding carboxylic acids is 2. The van der Waals surface area contributed by atoms with Gasteiger partial charge < -0.3 is 15.1 Å². The summed E-state index contributed by atoms with van der Waals surface area (Å²) in [6.07, 6.45) is 2.36. The maximum atomic E-state index is 11.5. The lowest BCUT2D eigenvalue weighted by molar-refractivity contribution is 0.112. The molecule has 18 heavy (non-hydrogen) atoms. The van der Waals surface area contributed by atoms with Gasteiger partial charge in [-0.2, -0.15) is 0 Å². The Hall–Kier alpha value is -2.11. The molecule has 0 radical (unpaired) electrons. The average molecular weight is 246 g/mol. The summed E-state index contributed by atoms with van der Waals surface area (Å²) < 4.78 is 0. The Labute approximate surface area is 105 Å². The normalized spacial score (nSPS) is 22.7. The number of anilines is 1. The zero-order valence-corrected chi connectivity index (χ0v) is 9.87. The Morgan fingerprint density at radius 1 is 1.39 bits per heavy atom. The lowest BCUT2D eigenvalue weighted by Gasteiger charge is -2.37. The maximum Gasteiger partial charge on any atom is 0.317 e. The number of rotatable bonds is 2. The van der Waals surface area contributed by atoms with E-state index in [1.54, 1.807) is 12.3 Å². The van der Waals surface area contributed by atoms with Crippen LogP contribution in [-0.2, 0) is 0 Å². The van der Waals surface area contributed by atoms with Gasteiger partial charge in [0.1, 0.15) is 5.82 Å². The van der Waals surface area contributed by atoms with Crippen molar-refractivity contribution in [3.05, 3.63) is 23.9 Å². The standard InChI is InChI=1S/C12H14N4O2/c17-8-9-1-2-11(13-5-9)15-3-4-16-10(7-15)6-14-12(16)18/h1-2,5,8,10H,3-4,6-7H2,(H,14,18). The van der Waals surface area contributed by atoms with Gasteiger partial charge in [0.15, 0.2) is 6.29 Å². The number of hydrogen-bond donors (Lipinski definition) is 1. The fraction of sp³-hybridized carbons (Fsp3) is 0.417.